The number of rotatable bonds is 10. The van der Waals surface area contributed by atoms with Crippen LogP contribution in [0, 0.1) is 0 Å². The van der Waals surface area contributed by atoms with Crippen molar-refractivity contribution in [3.05, 3.63) is 104 Å². The van der Waals surface area contributed by atoms with Gasteiger partial charge in [-0.3, -0.25) is 4.79 Å². The molecule has 4 rings (SSSR count). The number of nitrogens with zero attached hydrogens (tertiary/aromatic N) is 2. The third kappa shape index (κ3) is 6.32. The summed E-state index contributed by atoms with van der Waals surface area (Å²) in [6, 6.07) is 12.1. The molecule has 0 radical (unpaired) electrons. The lowest BCUT2D eigenvalue weighted by molar-refractivity contribution is -0.119. The molecule has 36 heavy (non-hydrogen) atoms. The SMILES string of the molecule is CN(C)C1=CCC(c2ccc(Cl)cc2CCC(=O)CCc2cc(Cl)ccc2C2=CC(N(C)C)=CC2)=C1. The molecule has 188 valence electrons. The van der Waals surface area contributed by atoms with Crippen molar-refractivity contribution in [1.82, 2.24) is 9.80 Å². The molecule has 2 aliphatic rings. The fourth-order valence-corrected chi connectivity index (χ4v) is 5.25. The van der Waals surface area contributed by atoms with Crippen LogP contribution in [0.15, 0.2) is 72.1 Å². The third-order valence-electron chi connectivity index (χ3n) is 6.91. The molecule has 5 heteroatoms. The maximum Gasteiger partial charge on any atom is 0.133 e. The summed E-state index contributed by atoms with van der Waals surface area (Å²) in [7, 11) is 8.22. The first kappa shape index (κ1) is 26.3. The molecule has 0 atom stereocenters. The molecule has 0 saturated carbocycles. The van der Waals surface area contributed by atoms with E-state index in [1.165, 1.54) is 33.7 Å². The average molecular weight is 522 g/mol. The summed E-state index contributed by atoms with van der Waals surface area (Å²) >= 11 is 12.7. The first-order valence-electron chi connectivity index (χ1n) is 12.5. The van der Waals surface area contributed by atoms with Gasteiger partial charge in [-0.25, -0.2) is 0 Å². The van der Waals surface area contributed by atoms with Crippen LogP contribution in [0.25, 0.3) is 11.1 Å². The smallest absolute Gasteiger partial charge is 0.133 e. The Morgan fingerprint density at radius 3 is 1.50 bits per heavy atom. The maximum atomic E-state index is 13.0. The van der Waals surface area contributed by atoms with Crippen molar-refractivity contribution in [2.24, 2.45) is 0 Å². The monoisotopic (exact) mass is 520 g/mol. The highest BCUT2D eigenvalue weighted by atomic mass is 35.5. The van der Waals surface area contributed by atoms with Gasteiger partial charge in [-0.15, -0.1) is 0 Å². The van der Waals surface area contributed by atoms with Gasteiger partial charge in [-0.05, 0) is 95.5 Å². The minimum absolute atomic E-state index is 0.256. The normalized spacial score (nSPS) is 14.8. The quantitative estimate of drug-likeness (QED) is 0.322. The van der Waals surface area contributed by atoms with E-state index in [1.54, 1.807) is 0 Å². The average Bonchev–Trinajstić information content (AvgIpc) is 3.52. The fourth-order valence-electron chi connectivity index (χ4n) is 4.86. The Hall–Kier alpha value is -2.75. The second-order valence-corrected chi connectivity index (χ2v) is 10.8. The van der Waals surface area contributed by atoms with E-state index in [9.17, 15) is 4.79 Å². The minimum Gasteiger partial charge on any atom is -0.378 e. The molecule has 0 saturated heterocycles. The number of ketones is 1. The zero-order valence-corrected chi connectivity index (χ0v) is 23.1. The van der Waals surface area contributed by atoms with E-state index in [4.69, 9.17) is 23.2 Å². The van der Waals surface area contributed by atoms with Crippen LogP contribution >= 0.6 is 23.2 Å². The van der Waals surface area contributed by atoms with E-state index < -0.39 is 0 Å². The van der Waals surface area contributed by atoms with Gasteiger partial charge in [0.1, 0.15) is 5.78 Å². The Morgan fingerprint density at radius 1 is 0.722 bits per heavy atom. The molecule has 0 bridgehead atoms. The number of hydrogen-bond donors (Lipinski definition) is 0. The van der Waals surface area contributed by atoms with Gasteiger partial charge in [0.05, 0.1) is 0 Å². The van der Waals surface area contributed by atoms with Crippen LogP contribution in [-0.2, 0) is 17.6 Å². The number of benzene rings is 2. The van der Waals surface area contributed by atoms with Gasteiger partial charge in [0, 0.05) is 62.5 Å². The van der Waals surface area contributed by atoms with Crippen LogP contribution in [0.2, 0.25) is 10.0 Å². The molecule has 2 aromatic carbocycles. The zero-order chi connectivity index (χ0) is 25.8. The lowest BCUT2D eigenvalue weighted by Gasteiger charge is -2.13. The van der Waals surface area contributed by atoms with Gasteiger partial charge in [0.15, 0.2) is 0 Å². The third-order valence-corrected chi connectivity index (χ3v) is 7.38. The van der Waals surface area contributed by atoms with Gasteiger partial charge in [-0.1, -0.05) is 47.5 Å². The van der Waals surface area contributed by atoms with Crippen molar-refractivity contribution >= 4 is 40.1 Å². The second kappa shape index (κ2) is 11.5. The summed E-state index contributed by atoms with van der Waals surface area (Å²) < 4.78 is 0. The predicted octanol–water partition coefficient (Wildman–Crippen LogP) is 7.59. The molecule has 0 aliphatic heterocycles. The Labute approximate surface area is 225 Å². The molecular formula is C31H34Cl2N2O. The molecule has 0 fully saturated rings. The Kier molecular flexibility index (Phi) is 8.43. The Morgan fingerprint density at radius 2 is 1.14 bits per heavy atom. The van der Waals surface area contributed by atoms with Gasteiger partial charge in [-0.2, -0.15) is 0 Å². The number of halogens is 2. The molecule has 0 N–H and O–H groups in total. The molecule has 0 spiro atoms. The molecule has 0 aromatic heterocycles. The maximum absolute atomic E-state index is 13.0. The Balaban J connectivity index is 1.42. The first-order valence-corrected chi connectivity index (χ1v) is 13.2. The van der Waals surface area contributed by atoms with Crippen molar-refractivity contribution in [3.63, 3.8) is 0 Å². The number of allylic oxidation sites excluding steroid dienone is 6. The van der Waals surface area contributed by atoms with Crippen LogP contribution in [-0.4, -0.2) is 43.8 Å². The summed E-state index contributed by atoms with van der Waals surface area (Å²) in [6.45, 7) is 0. The van der Waals surface area contributed by atoms with Crippen molar-refractivity contribution in [1.29, 1.82) is 0 Å². The highest BCUT2D eigenvalue weighted by molar-refractivity contribution is 6.31. The number of carbonyl (C=O) groups is 1. The molecule has 3 nitrogen and oxygen atoms in total. The summed E-state index contributed by atoms with van der Waals surface area (Å²) in [6.07, 6.45) is 13.1. The molecule has 0 unspecified atom stereocenters. The minimum atomic E-state index is 0.256. The van der Waals surface area contributed by atoms with Crippen molar-refractivity contribution in [2.45, 2.75) is 38.5 Å². The topological polar surface area (TPSA) is 23.6 Å². The highest BCUT2D eigenvalue weighted by Gasteiger charge is 2.17. The van der Waals surface area contributed by atoms with Gasteiger partial charge < -0.3 is 9.80 Å². The van der Waals surface area contributed by atoms with Gasteiger partial charge >= 0.3 is 0 Å². The zero-order valence-electron chi connectivity index (χ0n) is 21.6. The Bertz CT molecular complexity index is 1180. The summed E-state index contributed by atoms with van der Waals surface area (Å²) in [5.74, 6) is 0.256. The van der Waals surface area contributed by atoms with E-state index in [2.05, 4.69) is 74.4 Å². The van der Waals surface area contributed by atoms with E-state index in [0.29, 0.717) is 35.7 Å². The van der Waals surface area contributed by atoms with Crippen molar-refractivity contribution < 1.29 is 4.79 Å². The number of hydrogen-bond acceptors (Lipinski definition) is 3. The number of likely N-dealkylation sites (N-methyl/N-ethyl adjacent to an activating group) is 2. The lowest BCUT2D eigenvalue weighted by atomic mass is 9.93. The van der Waals surface area contributed by atoms with Crippen LogP contribution in [0.1, 0.15) is 47.9 Å². The highest BCUT2D eigenvalue weighted by Crippen LogP contribution is 2.33. The molecular weight excluding hydrogens is 487 g/mol. The van der Waals surface area contributed by atoms with E-state index in [1.807, 2.05) is 24.3 Å². The van der Waals surface area contributed by atoms with Crippen molar-refractivity contribution in [2.75, 3.05) is 28.2 Å². The van der Waals surface area contributed by atoms with Crippen LogP contribution in [0.5, 0.6) is 0 Å². The molecule has 0 heterocycles. The van der Waals surface area contributed by atoms with Crippen LogP contribution < -0.4 is 0 Å². The largest absolute Gasteiger partial charge is 0.378 e. The predicted molar refractivity (Wildman–Crippen MR) is 153 cm³/mol. The summed E-state index contributed by atoms with van der Waals surface area (Å²) in [5.41, 5.74) is 9.63. The van der Waals surface area contributed by atoms with E-state index in [-0.39, 0.29) is 5.78 Å². The first-order chi connectivity index (χ1) is 17.2. The number of carbonyl (C=O) groups excluding carboxylic acids is 1. The van der Waals surface area contributed by atoms with Crippen LogP contribution in [0.3, 0.4) is 0 Å². The lowest BCUT2D eigenvalue weighted by Crippen LogP contribution is -2.07. The molecule has 0 amide bonds. The van der Waals surface area contributed by atoms with Crippen molar-refractivity contribution in [3.8, 4) is 0 Å². The number of aryl methyl sites for hydroxylation is 2. The van der Waals surface area contributed by atoms with E-state index >= 15 is 0 Å². The standard InChI is InChI=1S/C31H34Cl2N2O/c1-34(2)27-11-5-23(19-27)30-15-9-25(32)17-21(30)7-13-29(36)14-8-22-18-26(33)10-16-31(22)24-6-12-28(20-24)35(3)4/h9-12,15-20H,5-8,13-14H2,1-4H3. The van der Waals surface area contributed by atoms with Gasteiger partial charge in [0.25, 0.3) is 0 Å². The molecule has 2 aliphatic carbocycles. The summed E-state index contributed by atoms with van der Waals surface area (Å²) in [4.78, 5) is 17.2. The van der Waals surface area contributed by atoms with E-state index in [0.717, 1.165) is 24.0 Å². The summed E-state index contributed by atoms with van der Waals surface area (Å²) in [5, 5.41) is 1.42. The molecule has 2 aromatic rings. The second-order valence-electron chi connectivity index (χ2n) is 9.94. The number of Topliss-reactive ketones (excluding diaryl/α,β-unsaturated/α-hetero) is 1. The van der Waals surface area contributed by atoms with Gasteiger partial charge in [0.2, 0.25) is 0 Å². The fraction of sp³-hybridized carbons (Fsp3) is 0.323. The van der Waals surface area contributed by atoms with Crippen LogP contribution in [0.4, 0.5) is 0 Å².